The predicted molar refractivity (Wildman–Crippen MR) is 103 cm³/mol. The minimum absolute atomic E-state index is 0.0514. The molecule has 156 valence electrons. The fraction of sp³-hybridized carbons (Fsp3) is 0.550. The third-order valence-electron chi connectivity index (χ3n) is 5.33. The van der Waals surface area contributed by atoms with Gasteiger partial charge in [-0.05, 0) is 49.9 Å². The maximum atomic E-state index is 13.5. The quantitative estimate of drug-likeness (QED) is 0.817. The number of rotatable bonds is 5. The number of ether oxygens (including phenoxy) is 1. The second kappa shape index (κ2) is 7.96. The van der Waals surface area contributed by atoms with E-state index >= 15 is 0 Å². The van der Waals surface area contributed by atoms with Gasteiger partial charge < -0.3 is 15.0 Å². The molecule has 1 N–H and O–H groups in total. The maximum Gasteiger partial charge on any atom is 0.410 e. The van der Waals surface area contributed by atoms with Crippen molar-refractivity contribution < 1.29 is 18.3 Å². The van der Waals surface area contributed by atoms with E-state index in [9.17, 15) is 13.6 Å². The number of hydrogen-bond donors (Lipinski definition) is 1. The highest BCUT2D eigenvalue weighted by atomic mass is 19.3. The van der Waals surface area contributed by atoms with Gasteiger partial charge in [0.15, 0.2) is 5.82 Å². The van der Waals surface area contributed by atoms with Crippen molar-refractivity contribution in [1.82, 2.24) is 19.7 Å². The van der Waals surface area contributed by atoms with Gasteiger partial charge >= 0.3 is 6.09 Å². The van der Waals surface area contributed by atoms with Crippen LogP contribution in [-0.4, -0.2) is 50.9 Å². The molecule has 0 atom stereocenters. The first-order chi connectivity index (χ1) is 13.9. The number of pyridine rings is 1. The van der Waals surface area contributed by atoms with Crippen LogP contribution >= 0.6 is 0 Å². The van der Waals surface area contributed by atoms with Crippen LogP contribution in [0.25, 0.3) is 5.82 Å². The normalized spacial score (nSPS) is 19.8. The molecule has 4 rings (SSSR count). The molecule has 1 saturated heterocycles. The number of hydrogen-bond acceptors (Lipinski definition) is 5. The van der Waals surface area contributed by atoms with Crippen LogP contribution in [0, 0.1) is 6.92 Å². The van der Waals surface area contributed by atoms with Gasteiger partial charge in [0.1, 0.15) is 5.82 Å². The molecule has 0 unspecified atom stereocenters. The van der Waals surface area contributed by atoms with E-state index in [0.717, 1.165) is 17.7 Å². The summed E-state index contributed by atoms with van der Waals surface area (Å²) in [5, 5.41) is 7.72. The highest BCUT2D eigenvalue weighted by Crippen LogP contribution is 2.34. The van der Waals surface area contributed by atoms with Gasteiger partial charge in [-0.3, -0.25) is 0 Å². The number of alkyl halides is 2. The molecule has 9 heteroatoms. The van der Waals surface area contributed by atoms with E-state index in [1.54, 1.807) is 9.58 Å². The lowest BCUT2D eigenvalue weighted by atomic mass is 9.92. The zero-order valence-corrected chi connectivity index (χ0v) is 16.4. The smallest absolute Gasteiger partial charge is 0.410 e. The lowest BCUT2D eigenvalue weighted by Gasteiger charge is -2.29. The number of nitrogens with one attached hydrogen (secondary N) is 1. The molecule has 2 fully saturated rings. The second-order valence-electron chi connectivity index (χ2n) is 7.78. The molecule has 0 aromatic carbocycles. The van der Waals surface area contributed by atoms with E-state index in [1.165, 1.54) is 0 Å². The standard InChI is InChI=1S/C20H25F2N5O2/c1-14-5-9-27(25-14)18-12-15(13-26-8-2-10-29-19(26)28)11-17(24-18)23-16-3-6-20(21,22)7-4-16/h5,9,11-12,16H,2-4,6-8,10,13H2,1H3,(H,23,24). The number of anilines is 1. The number of amides is 1. The topological polar surface area (TPSA) is 72.3 Å². The van der Waals surface area contributed by atoms with Crippen molar-refractivity contribution in [3.63, 3.8) is 0 Å². The van der Waals surface area contributed by atoms with E-state index in [2.05, 4.69) is 15.4 Å². The van der Waals surface area contributed by atoms with Crippen molar-refractivity contribution in [3.8, 4) is 5.82 Å². The first-order valence-corrected chi connectivity index (χ1v) is 9.98. The zero-order valence-electron chi connectivity index (χ0n) is 16.4. The molecule has 0 radical (unpaired) electrons. The Morgan fingerprint density at radius 3 is 2.79 bits per heavy atom. The lowest BCUT2D eigenvalue weighted by molar-refractivity contribution is -0.0361. The first kappa shape index (κ1) is 19.6. The molecule has 29 heavy (non-hydrogen) atoms. The first-order valence-electron chi connectivity index (χ1n) is 9.98. The van der Waals surface area contributed by atoms with Gasteiger partial charge in [-0.2, -0.15) is 5.10 Å². The maximum absolute atomic E-state index is 13.5. The summed E-state index contributed by atoms with van der Waals surface area (Å²) < 4.78 is 33.7. The number of aryl methyl sites for hydroxylation is 1. The van der Waals surface area contributed by atoms with E-state index in [0.29, 0.717) is 44.2 Å². The van der Waals surface area contributed by atoms with Crippen LogP contribution in [0.3, 0.4) is 0 Å². The van der Waals surface area contributed by atoms with Crippen molar-refractivity contribution in [2.24, 2.45) is 0 Å². The van der Waals surface area contributed by atoms with Crippen LogP contribution < -0.4 is 5.32 Å². The molecular weight excluding hydrogens is 380 g/mol. The summed E-state index contributed by atoms with van der Waals surface area (Å²) in [6, 6.07) is 5.58. The number of cyclic esters (lactones) is 1. The van der Waals surface area contributed by atoms with Crippen molar-refractivity contribution in [2.75, 3.05) is 18.5 Å². The molecule has 1 amide bonds. The van der Waals surface area contributed by atoms with Crippen molar-refractivity contribution in [3.05, 3.63) is 35.7 Å². The van der Waals surface area contributed by atoms with E-state index in [-0.39, 0.29) is 25.0 Å². The van der Waals surface area contributed by atoms with Crippen LogP contribution in [0.5, 0.6) is 0 Å². The van der Waals surface area contributed by atoms with Gasteiger partial charge in [-0.25, -0.2) is 23.2 Å². The molecular formula is C20H25F2N5O2. The van der Waals surface area contributed by atoms with Gasteiger partial charge in [0.05, 0.1) is 12.3 Å². The fourth-order valence-electron chi connectivity index (χ4n) is 3.75. The summed E-state index contributed by atoms with van der Waals surface area (Å²) in [5.41, 5.74) is 1.74. The molecule has 2 aromatic rings. The Bertz CT molecular complexity index is 876. The number of carbonyl (C=O) groups is 1. The largest absolute Gasteiger partial charge is 0.449 e. The number of carbonyl (C=O) groups excluding carboxylic acids is 1. The van der Waals surface area contributed by atoms with Crippen molar-refractivity contribution >= 4 is 11.9 Å². The SMILES string of the molecule is Cc1ccn(-c2cc(CN3CCCOC3=O)cc(NC3CCC(F)(F)CC3)n2)n1. The van der Waals surface area contributed by atoms with Gasteiger partial charge in [0.2, 0.25) is 5.92 Å². The van der Waals surface area contributed by atoms with Gasteiger partial charge in [0, 0.05) is 38.2 Å². The van der Waals surface area contributed by atoms with Crippen molar-refractivity contribution in [1.29, 1.82) is 0 Å². The summed E-state index contributed by atoms with van der Waals surface area (Å²) >= 11 is 0. The van der Waals surface area contributed by atoms with Gasteiger partial charge in [0.25, 0.3) is 0 Å². The highest BCUT2D eigenvalue weighted by molar-refractivity contribution is 5.68. The molecule has 2 aromatic heterocycles. The molecule has 2 aliphatic rings. The second-order valence-corrected chi connectivity index (χ2v) is 7.78. The Labute approximate surface area is 168 Å². The van der Waals surface area contributed by atoms with E-state index in [1.807, 2.05) is 31.3 Å². The van der Waals surface area contributed by atoms with Gasteiger partial charge in [-0.15, -0.1) is 0 Å². The molecule has 3 heterocycles. The molecule has 1 saturated carbocycles. The molecule has 0 bridgehead atoms. The number of aromatic nitrogens is 3. The van der Waals surface area contributed by atoms with Crippen LogP contribution in [0.2, 0.25) is 0 Å². The summed E-state index contributed by atoms with van der Waals surface area (Å²) in [5.74, 6) is -1.35. The monoisotopic (exact) mass is 405 g/mol. The summed E-state index contributed by atoms with van der Waals surface area (Å²) in [6.07, 6.45) is 2.85. The summed E-state index contributed by atoms with van der Waals surface area (Å²) in [4.78, 5) is 18.3. The molecule has 1 aliphatic carbocycles. The Hall–Kier alpha value is -2.71. The van der Waals surface area contributed by atoms with Gasteiger partial charge in [-0.1, -0.05) is 0 Å². The predicted octanol–water partition coefficient (Wildman–Crippen LogP) is 3.91. The third-order valence-corrected chi connectivity index (χ3v) is 5.33. The van der Waals surface area contributed by atoms with Crippen LogP contribution in [0.1, 0.15) is 43.4 Å². The van der Waals surface area contributed by atoms with E-state index in [4.69, 9.17) is 4.74 Å². The Morgan fingerprint density at radius 2 is 2.10 bits per heavy atom. The highest BCUT2D eigenvalue weighted by Gasteiger charge is 2.35. The Kier molecular flexibility index (Phi) is 5.38. The van der Waals surface area contributed by atoms with Crippen LogP contribution in [0.15, 0.2) is 24.4 Å². The van der Waals surface area contributed by atoms with Crippen molar-refractivity contribution in [2.45, 2.75) is 57.5 Å². The number of nitrogens with zero attached hydrogens (tertiary/aromatic N) is 4. The molecule has 0 spiro atoms. The zero-order chi connectivity index (χ0) is 20.4. The molecule has 7 nitrogen and oxygen atoms in total. The third kappa shape index (κ3) is 4.83. The number of halogens is 2. The average Bonchev–Trinajstić information content (AvgIpc) is 3.12. The lowest BCUT2D eigenvalue weighted by Crippen LogP contribution is -2.37. The van der Waals surface area contributed by atoms with Crippen LogP contribution in [-0.2, 0) is 11.3 Å². The Balaban J connectivity index is 1.57. The summed E-state index contributed by atoms with van der Waals surface area (Å²) in [7, 11) is 0. The summed E-state index contributed by atoms with van der Waals surface area (Å²) in [6.45, 7) is 3.37. The minimum atomic E-state index is -2.57. The fourth-order valence-corrected chi connectivity index (χ4v) is 3.75. The van der Waals surface area contributed by atoms with Crippen LogP contribution in [0.4, 0.5) is 19.4 Å². The Morgan fingerprint density at radius 1 is 1.31 bits per heavy atom. The molecule has 1 aliphatic heterocycles. The van der Waals surface area contributed by atoms with E-state index < -0.39 is 5.92 Å². The average molecular weight is 405 g/mol. The minimum Gasteiger partial charge on any atom is -0.449 e.